The Morgan fingerprint density at radius 3 is 2.75 bits per heavy atom. The van der Waals surface area contributed by atoms with E-state index in [1.807, 2.05) is 19.1 Å². The number of nitrogens with one attached hydrogen (secondary N) is 2. The molecule has 0 saturated heterocycles. The summed E-state index contributed by atoms with van der Waals surface area (Å²) in [6, 6.07) is 8.66. The molecule has 1 aromatic carbocycles. The van der Waals surface area contributed by atoms with Gasteiger partial charge in [0.05, 0.1) is 4.90 Å². The highest BCUT2D eigenvalue weighted by atomic mass is 32.2. The number of sulfonamides is 1. The summed E-state index contributed by atoms with van der Waals surface area (Å²) in [7, 11) is -2.02. The van der Waals surface area contributed by atoms with Crippen LogP contribution < -0.4 is 10.0 Å². The van der Waals surface area contributed by atoms with Gasteiger partial charge in [-0.3, -0.25) is 4.98 Å². The number of aromatic nitrogens is 1. The Morgan fingerprint density at radius 1 is 1.25 bits per heavy atom. The van der Waals surface area contributed by atoms with Crippen molar-refractivity contribution in [3.05, 3.63) is 53.9 Å². The fourth-order valence-electron chi connectivity index (χ4n) is 1.77. The maximum atomic E-state index is 11.7. The van der Waals surface area contributed by atoms with Crippen molar-refractivity contribution in [2.45, 2.75) is 18.4 Å². The molecule has 0 aliphatic rings. The zero-order chi connectivity index (χ0) is 14.6. The van der Waals surface area contributed by atoms with E-state index in [-0.39, 0.29) is 4.90 Å². The quantitative estimate of drug-likeness (QED) is 0.883. The lowest BCUT2D eigenvalue weighted by molar-refractivity contribution is 0.588. The van der Waals surface area contributed by atoms with Gasteiger partial charge in [0.25, 0.3) is 0 Å². The van der Waals surface area contributed by atoms with Crippen LogP contribution in [0.3, 0.4) is 0 Å². The predicted octanol–water partition coefficient (Wildman–Crippen LogP) is 1.91. The van der Waals surface area contributed by atoms with Crippen molar-refractivity contribution in [3.8, 4) is 0 Å². The normalized spacial score (nSPS) is 11.3. The van der Waals surface area contributed by atoms with Crippen LogP contribution in [0.25, 0.3) is 0 Å². The summed E-state index contributed by atoms with van der Waals surface area (Å²) in [6.07, 6.45) is 3.55. The third kappa shape index (κ3) is 3.34. The third-order valence-corrected chi connectivity index (χ3v) is 4.46. The zero-order valence-corrected chi connectivity index (χ0v) is 12.2. The number of pyridine rings is 1. The number of anilines is 1. The van der Waals surface area contributed by atoms with Gasteiger partial charge in [0.1, 0.15) is 0 Å². The molecule has 0 aliphatic heterocycles. The minimum atomic E-state index is -3.41. The Bertz CT molecular complexity index is 699. The molecular formula is C14H17N3O2S. The van der Waals surface area contributed by atoms with Gasteiger partial charge in [0, 0.05) is 24.6 Å². The highest BCUT2D eigenvalue weighted by Gasteiger charge is 2.11. The molecule has 1 aromatic heterocycles. The van der Waals surface area contributed by atoms with Crippen molar-refractivity contribution in [2.24, 2.45) is 0 Å². The molecule has 0 aliphatic carbocycles. The Balaban J connectivity index is 2.15. The van der Waals surface area contributed by atoms with Crippen LogP contribution in [0.5, 0.6) is 0 Å². The predicted molar refractivity (Wildman–Crippen MR) is 79.0 cm³/mol. The smallest absolute Gasteiger partial charge is 0.240 e. The van der Waals surface area contributed by atoms with Crippen molar-refractivity contribution in [3.63, 3.8) is 0 Å². The largest absolute Gasteiger partial charge is 0.381 e. The number of aryl methyl sites for hydroxylation is 1. The molecule has 0 saturated carbocycles. The van der Waals surface area contributed by atoms with Gasteiger partial charge in [-0.15, -0.1) is 0 Å². The molecule has 2 N–H and O–H groups in total. The Hall–Kier alpha value is -1.92. The molecule has 20 heavy (non-hydrogen) atoms. The van der Waals surface area contributed by atoms with Gasteiger partial charge in [0.15, 0.2) is 0 Å². The highest BCUT2D eigenvalue weighted by Crippen LogP contribution is 2.16. The first-order valence-electron chi connectivity index (χ1n) is 6.20. The van der Waals surface area contributed by atoms with Crippen LogP contribution in [0, 0.1) is 6.92 Å². The summed E-state index contributed by atoms with van der Waals surface area (Å²) in [5.74, 6) is 0. The lowest BCUT2D eigenvalue weighted by Gasteiger charge is -2.10. The molecule has 2 aromatic rings. The molecule has 0 spiro atoms. The molecule has 5 nitrogen and oxygen atoms in total. The van der Waals surface area contributed by atoms with E-state index in [1.54, 1.807) is 30.6 Å². The van der Waals surface area contributed by atoms with Gasteiger partial charge in [-0.25, -0.2) is 13.1 Å². The van der Waals surface area contributed by atoms with Gasteiger partial charge in [-0.1, -0.05) is 6.07 Å². The van der Waals surface area contributed by atoms with E-state index in [4.69, 9.17) is 0 Å². The molecule has 106 valence electrons. The van der Waals surface area contributed by atoms with Crippen molar-refractivity contribution in [1.82, 2.24) is 9.71 Å². The van der Waals surface area contributed by atoms with E-state index in [9.17, 15) is 8.42 Å². The molecule has 0 fully saturated rings. The number of hydrogen-bond donors (Lipinski definition) is 2. The number of nitrogens with zero attached hydrogens (tertiary/aromatic N) is 1. The van der Waals surface area contributed by atoms with E-state index in [0.717, 1.165) is 16.8 Å². The second-order valence-electron chi connectivity index (χ2n) is 4.39. The lowest BCUT2D eigenvalue weighted by Crippen LogP contribution is -2.18. The standard InChI is InChI=1S/C14H17N3O2S/c1-11-6-7-16-9-12(11)10-17-13-4-3-5-14(8-13)20(18,19)15-2/h3-9,15,17H,10H2,1-2H3. The fraction of sp³-hybridized carbons (Fsp3) is 0.214. The van der Waals surface area contributed by atoms with E-state index < -0.39 is 10.0 Å². The topological polar surface area (TPSA) is 71.1 Å². The first kappa shape index (κ1) is 14.5. The first-order valence-corrected chi connectivity index (χ1v) is 7.68. The van der Waals surface area contributed by atoms with Crippen molar-refractivity contribution in [1.29, 1.82) is 0 Å². The maximum absolute atomic E-state index is 11.7. The summed E-state index contributed by atoms with van der Waals surface area (Å²) < 4.78 is 25.8. The van der Waals surface area contributed by atoms with E-state index in [1.165, 1.54) is 7.05 Å². The molecule has 0 atom stereocenters. The average molecular weight is 291 g/mol. The lowest BCUT2D eigenvalue weighted by atomic mass is 10.1. The van der Waals surface area contributed by atoms with Crippen LogP contribution >= 0.6 is 0 Å². The van der Waals surface area contributed by atoms with Crippen LogP contribution in [-0.4, -0.2) is 20.4 Å². The number of rotatable bonds is 5. The van der Waals surface area contributed by atoms with E-state index >= 15 is 0 Å². The molecule has 0 bridgehead atoms. The van der Waals surface area contributed by atoms with Crippen molar-refractivity contribution >= 4 is 15.7 Å². The molecule has 0 unspecified atom stereocenters. The summed E-state index contributed by atoms with van der Waals surface area (Å²) >= 11 is 0. The molecule has 0 radical (unpaired) electrons. The van der Waals surface area contributed by atoms with Crippen LogP contribution in [-0.2, 0) is 16.6 Å². The zero-order valence-electron chi connectivity index (χ0n) is 11.4. The Labute approximate surface area is 119 Å². The van der Waals surface area contributed by atoms with Gasteiger partial charge < -0.3 is 5.32 Å². The summed E-state index contributed by atoms with van der Waals surface area (Å²) in [5.41, 5.74) is 2.98. The first-order chi connectivity index (χ1) is 9.53. The third-order valence-electron chi connectivity index (χ3n) is 3.04. The van der Waals surface area contributed by atoms with Crippen LogP contribution in [0.15, 0.2) is 47.6 Å². The van der Waals surface area contributed by atoms with Crippen LogP contribution in [0.2, 0.25) is 0 Å². The van der Waals surface area contributed by atoms with Crippen molar-refractivity contribution < 1.29 is 8.42 Å². The fourth-order valence-corrected chi connectivity index (χ4v) is 2.55. The monoisotopic (exact) mass is 291 g/mol. The van der Waals surface area contributed by atoms with Gasteiger partial charge in [0.2, 0.25) is 10.0 Å². The second-order valence-corrected chi connectivity index (χ2v) is 6.28. The summed E-state index contributed by atoms with van der Waals surface area (Å²) in [6.45, 7) is 2.61. The van der Waals surface area contributed by atoms with E-state index in [2.05, 4.69) is 15.0 Å². The summed E-state index contributed by atoms with van der Waals surface area (Å²) in [5, 5.41) is 3.21. The maximum Gasteiger partial charge on any atom is 0.240 e. The van der Waals surface area contributed by atoms with Gasteiger partial charge >= 0.3 is 0 Å². The second kappa shape index (κ2) is 6.02. The Kier molecular flexibility index (Phi) is 4.36. The molecule has 6 heteroatoms. The van der Waals surface area contributed by atoms with E-state index in [0.29, 0.717) is 6.54 Å². The SMILES string of the molecule is CNS(=O)(=O)c1cccc(NCc2cnccc2C)c1. The average Bonchev–Trinajstić information content (AvgIpc) is 2.47. The molecule has 0 amide bonds. The number of hydrogen-bond acceptors (Lipinski definition) is 4. The molecule has 1 heterocycles. The minimum Gasteiger partial charge on any atom is -0.381 e. The molecule has 2 rings (SSSR count). The van der Waals surface area contributed by atoms with Gasteiger partial charge in [-0.2, -0.15) is 0 Å². The highest BCUT2D eigenvalue weighted by molar-refractivity contribution is 7.89. The summed E-state index contributed by atoms with van der Waals surface area (Å²) in [4.78, 5) is 4.33. The number of benzene rings is 1. The Morgan fingerprint density at radius 2 is 2.05 bits per heavy atom. The van der Waals surface area contributed by atoms with Gasteiger partial charge in [-0.05, 0) is 49.4 Å². The minimum absolute atomic E-state index is 0.243. The van der Waals surface area contributed by atoms with Crippen molar-refractivity contribution in [2.75, 3.05) is 12.4 Å². The van der Waals surface area contributed by atoms with Crippen LogP contribution in [0.1, 0.15) is 11.1 Å². The van der Waals surface area contributed by atoms with Crippen LogP contribution in [0.4, 0.5) is 5.69 Å². The molecular weight excluding hydrogens is 274 g/mol.